The number of sulfonamides is 1. The molecule has 0 aliphatic heterocycles. The van der Waals surface area contributed by atoms with Crippen LogP contribution in [-0.2, 0) is 16.6 Å². The minimum absolute atomic E-state index is 0.222. The van der Waals surface area contributed by atoms with E-state index in [4.69, 9.17) is 4.74 Å². The second-order valence-corrected chi connectivity index (χ2v) is 7.66. The Morgan fingerprint density at radius 1 is 1.08 bits per heavy atom. The maximum absolute atomic E-state index is 12.6. The molecular formula is C19H21N3O3S. The number of hydrogen-bond acceptors (Lipinski definition) is 4. The van der Waals surface area contributed by atoms with Crippen molar-refractivity contribution in [1.29, 1.82) is 0 Å². The van der Waals surface area contributed by atoms with Gasteiger partial charge in [-0.05, 0) is 43.7 Å². The largest absolute Gasteiger partial charge is 0.497 e. The van der Waals surface area contributed by atoms with Crippen molar-refractivity contribution in [3.05, 3.63) is 71.5 Å². The minimum atomic E-state index is -3.65. The van der Waals surface area contributed by atoms with Gasteiger partial charge in [-0.3, -0.25) is 9.40 Å². The first-order chi connectivity index (χ1) is 12.4. The second kappa shape index (κ2) is 7.21. The van der Waals surface area contributed by atoms with Gasteiger partial charge in [0.05, 0.1) is 35.6 Å². The first-order valence-corrected chi connectivity index (χ1v) is 9.64. The molecule has 0 saturated heterocycles. The van der Waals surface area contributed by atoms with Crippen molar-refractivity contribution in [2.45, 2.75) is 25.3 Å². The van der Waals surface area contributed by atoms with Gasteiger partial charge in [0, 0.05) is 0 Å². The molecule has 0 saturated carbocycles. The van der Waals surface area contributed by atoms with E-state index in [0.29, 0.717) is 17.9 Å². The molecule has 1 aromatic heterocycles. The number of anilines is 1. The first-order valence-electron chi connectivity index (χ1n) is 8.15. The lowest BCUT2D eigenvalue weighted by molar-refractivity contribution is 0.414. The van der Waals surface area contributed by atoms with Gasteiger partial charge in [0.2, 0.25) is 0 Å². The van der Waals surface area contributed by atoms with Crippen LogP contribution in [-0.4, -0.2) is 25.3 Å². The second-order valence-electron chi connectivity index (χ2n) is 5.97. The fourth-order valence-electron chi connectivity index (χ4n) is 2.74. The fraction of sp³-hybridized carbons (Fsp3) is 0.211. The maximum atomic E-state index is 12.6. The predicted molar refractivity (Wildman–Crippen MR) is 101 cm³/mol. The zero-order valence-corrected chi connectivity index (χ0v) is 15.7. The molecular weight excluding hydrogens is 350 g/mol. The van der Waals surface area contributed by atoms with Crippen molar-refractivity contribution in [3.8, 4) is 5.75 Å². The molecule has 0 aliphatic carbocycles. The monoisotopic (exact) mass is 371 g/mol. The van der Waals surface area contributed by atoms with Crippen LogP contribution in [0.5, 0.6) is 5.75 Å². The maximum Gasteiger partial charge on any atom is 0.262 e. The molecule has 2 aromatic carbocycles. The van der Waals surface area contributed by atoms with E-state index in [1.807, 2.05) is 31.2 Å². The topological polar surface area (TPSA) is 73.2 Å². The number of benzene rings is 2. The quantitative estimate of drug-likeness (QED) is 0.721. The molecule has 0 aliphatic rings. The number of aryl methyl sites for hydroxylation is 1. The highest BCUT2D eigenvalue weighted by molar-refractivity contribution is 7.92. The molecule has 0 radical (unpaired) electrons. The summed E-state index contributed by atoms with van der Waals surface area (Å²) in [5, 5.41) is 4.49. The highest BCUT2D eigenvalue weighted by atomic mass is 32.2. The number of nitrogens with one attached hydrogen (secondary N) is 1. The lowest BCUT2D eigenvalue weighted by Gasteiger charge is -2.09. The summed E-state index contributed by atoms with van der Waals surface area (Å²) in [5.74, 6) is 0.772. The number of ether oxygens (including phenoxy) is 1. The Morgan fingerprint density at radius 2 is 1.81 bits per heavy atom. The lowest BCUT2D eigenvalue weighted by atomic mass is 10.2. The molecule has 26 heavy (non-hydrogen) atoms. The fourth-order valence-corrected chi connectivity index (χ4v) is 3.93. The highest BCUT2D eigenvalue weighted by Crippen LogP contribution is 2.24. The van der Waals surface area contributed by atoms with Crippen molar-refractivity contribution in [1.82, 2.24) is 9.78 Å². The van der Waals surface area contributed by atoms with E-state index in [9.17, 15) is 8.42 Å². The normalized spacial score (nSPS) is 11.3. The molecule has 1 N–H and O–H groups in total. The van der Waals surface area contributed by atoms with Gasteiger partial charge in [-0.15, -0.1) is 0 Å². The van der Waals surface area contributed by atoms with E-state index in [1.165, 1.54) is 0 Å². The third-order valence-corrected chi connectivity index (χ3v) is 5.50. The summed E-state index contributed by atoms with van der Waals surface area (Å²) < 4.78 is 34.9. The van der Waals surface area contributed by atoms with Gasteiger partial charge in [-0.1, -0.05) is 30.3 Å². The van der Waals surface area contributed by atoms with Crippen LogP contribution in [0.4, 0.5) is 5.69 Å². The van der Waals surface area contributed by atoms with E-state index < -0.39 is 10.0 Å². The molecule has 0 amide bonds. The standard InChI is InChI=1S/C19H21N3O3S/c1-14-19(21-26(23,24)18-10-5-4-6-11-18)15(2)22(20-14)13-16-8-7-9-17(12-16)25-3/h4-12,21H,13H2,1-3H3. The number of hydrogen-bond donors (Lipinski definition) is 1. The van der Waals surface area contributed by atoms with Gasteiger partial charge >= 0.3 is 0 Å². The summed E-state index contributed by atoms with van der Waals surface area (Å²) in [4.78, 5) is 0.222. The van der Waals surface area contributed by atoms with Crippen LogP contribution in [0.1, 0.15) is 17.0 Å². The zero-order chi connectivity index (χ0) is 18.7. The summed E-state index contributed by atoms with van der Waals surface area (Å²) in [5.41, 5.74) is 2.92. The Balaban J connectivity index is 1.88. The zero-order valence-electron chi connectivity index (χ0n) is 14.9. The van der Waals surface area contributed by atoms with E-state index >= 15 is 0 Å². The van der Waals surface area contributed by atoms with Crippen LogP contribution in [0.2, 0.25) is 0 Å². The summed E-state index contributed by atoms with van der Waals surface area (Å²) in [6.45, 7) is 4.16. The van der Waals surface area contributed by atoms with Gasteiger partial charge < -0.3 is 4.74 Å². The molecule has 0 atom stereocenters. The van der Waals surface area contributed by atoms with Crippen molar-refractivity contribution in [3.63, 3.8) is 0 Å². The number of rotatable bonds is 6. The lowest BCUT2D eigenvalue weighted by Crippen LogP contribution is -2.14. The predicted octanol–water partition coefficient (Wildman–Crippen LogP) is 3.36. The van der Waals surface area contributed by atoms with Gasteiger partial charge in [0.25, 0.3) is 10.0 Å². The molecule has 7 heteroatoms. The van der Waals surface area contributed by atoms with Gasteiger partial charge in [-0.2, -0.15) is 5.10 Å². The van der Waals surface area contributed by atoms with Crippen molar-refractivity contribution >= 4 is 15.7 Å². The summed E-state index contributed by atoms with van der Waals surface area (Å²) in [7, 11) is -2.03. The SMILES string of the molecule is COc1cccc(Cn2nc(C)c(NS(=O)(=O)c3ccccc3)c2C)c1. The Hall–Kier alpha value is -2.80. The van der Waals surface area contributed by atoms with Gasteiger partial charge in [0.1, 0.15) is 5.75 Å². The minimum Gasteiger partial charge on any atom is -0.497 e. The third-order valence-electron chi connectivity index (χ3n) is 4.14. The molecule has 6 nitrogen and oxygen atoms in total. The van der Waals surface area contributed by atoms with E-state index in [2.05, 4.69) is 9.82 Å². The van der Waals surface area contributed by atoms with Crippen LogP contribution < -0.4 is 9.46 Å². The molecule has 0 fully saturated rings. The molecule has 0 bridgehead atoms. The summed E-state index contributed by atoms with van der Waals surface area (Å²) >= 11 is 0. The van der Waals surface area contributed by atoms with Gasteiger partial charge in [0.15, 0.2) is 0 Å². The van der Waals surface area contributed by atoms with E-state index in [0.717, 1.165) is 17.0 Å². The van der Waals surface area contributed by atoms with Crippen LogP contribution in [0.3, 0.4) is 0 Å². The van der Waals surface area contributed by atoms with Crippen LogP contribution in [0.25, 0.3) is 0 Å². The number of nitrogens with zero attached hydrogens (tertiary/aromatic N) is 2. The average molecular weight is 371 g/mol. The molecule has 1 heterocycles. The number of aromatic nitrogens is 2. The van der Waals surface area contributed by atoms with Crippen LogP contribution in [0, 0.1) is 13.8 Å². The van der Waals surface area contributed by atoms with E-state index in [1.54, 1.807) is 49.0 Å². The van der Waals surface area contributed by atoms with Crippen molar-refractivity contribution < 1.29 is 13.2 Å². The third kappa shape index (κ3) is 3.72. The van der Waals surface area contributed by atoms with Crippen LogP contribution in [0.15, 0.2) is 59.5 Å². The van der Waals surface area contributed by atoms with Gasteiger partial charge in [-0.25, -0.2) is 8.42 Å². The molecule has 3 rings (SSSR count). The van der Waals surface area contributed by atoms with Crippen molar-refractivity contribution in [2.24, 2.45) is 0 Å². The average Bonchev–Trinajstić information content (AvgIpc) is 2.90. The Morgan fingerprint density at radius 3 is 2.50 bits per heavy atom. The Bertz CT molecular complexity index is 1010. The smallest absolute Gasteiger partial charge is 0.262 e. The Labute approximate surface area is 153 Å². The highest BCUT2D eigenvalue weighted by Gasteiger charge is 2.19. The Kier molecular flexibility index (Phi) is 4.99. The molecule has 0 spiro atoms. The number of methoxy groups -OCH3 is 1. The summed E-state index contributed by atoms with van der Waals surface area (Å²) in [6.07, 6.45) is 0. The molecule has 0 unspecified atom stereocenters. The molecule has 3 aromatic rings. The van der Waals surface area contributed by atoms with Crippen LogP contribution >= 0.6 is 0 Å². The van der Waals surface area contributed by atoms with E-state index in [-0.39, 0.29) is 4.90 Å². The van der Waals surface area contributed by atoms with Crippen molar-refractivity contribution in [2.75, 3.05) is 11.8 Å². The molecule has 136 valence electrons. The first kappa shape index (κ1) is 18.0. The summed E-state index contributed by atoms with van der Waals surface area (Å²) in [6, 6.07) is 16.0.